The highest BCUT2D eigenvalue weighted by Crippen LogP contribution is 2.30. The first-order chi connectivity index (χ1) is 9.55. The average molecular weight is 297 g/mol. The van der Waals surface area contributed by atoms with Crippen LogP contribution in [0.25, 0.3) is 0 Å². The van der Waals surface area contributed by atoms with E-state index in [9.17, 15) is 13.9 Å². The predicted octanol–water partition coefficient (Wildman–Crippen LogP) is 4.02. The molecule has 106 valence electrons. The molecule has 2 rings (SSSR count). The van der Waals surface area contributed by atoms with E-state index in [4.69, 9.17) is 11.6 Å². The van der Waals surface area contributed by atoms with Crippen LogP contribution in [0.3, 0.4) is 0 Å². The van der Waals surface area contributed by atoms with Crippen molar-refractivity contribution < 1.29 is 13.9 Å². The van der Waals surface area contributed by atoms with Crippen molar-refractivity contribution in [2.24, 2.45) is 0 Å². The van der Waals surface area contributed by atoms with Crippen LogP contribution in [0.1, 0.15) is 17.5 Å². The van der Waals surface area contributed by atoms with E-state index in [0.29, 0.717) is 5.56 Å². The van der Waals surface area contributed by atoms with Crippen molar-refractivity contribution in [2.75, 3.05) is 5.88 Å². The van der Waals surface area contributed by atoms with Crippen molar-refractivity contribution in [3.8, 4) is 0 Å². The molecule has 0 saturated carbocycles. The summed E-state index contributed by atoms with van der Waals surface area (Å²) in [7, 11) is 0. The first kappa shape index (κ1) is 14.9. The maximum absolute atomic E-state index is 13.8. The second-order valence-corrected chi connectivity index (χ2v) is 5.13. The molecular weight excluding hydrogens is 282 g/mol. The van der Waals surface area contributed by atoms with E-state index in [1.54, 1.807) is 24.3 Å². The lowest BCUT2D eigenvalue weighted by atomic mass is 9.85. The molecule has 20 heavy (non-hydrogen) atoms. The molecule has 0 bridgehead atoms. The van der Waals surface area contributed by atoms with Gasteiger partial charge < -0.3 is 5.11 Å². The highest BCUT2D eigenvalue weighted by Gasteiger charge is 2.30. The molecule has 0 heterocycles. The minimum atomic E-state index is -1.26. The number of halogens is 3. The normalized spacial score (nSPS) is 14.0. The first-order valence-corrected chi connectivity index (χ1v) is 6.86. The molecule has 0 amide bonds. The molecule has 1 atom stereocenters. The Kier molecular flexibility index (Phi) is 4.73. The fourth-order valence-electron chi connectivity index (χ4n) is 2.22. The zero-order valence-corrected chi connectivity index (χ0v) is 11.6. The second-order valence-electron chi connectivity index (χ2n) is 4.75. The Morgan fingerprint density at radius 3 is 2.35 bits per heavy atom. The number of hydrogen-bond acceptors (Lipinski definition) is 1. The Labute approximate surface area is 121 Å². The van der Waals surface area contributed by atoms with Gasteiger partial charge in [0, 0.05) is 18.4 Å². The molecule has 0 aliphatic rings. The van der Waals surface area contributed by atoms with Gasteiger partial charge in [-0.2, -0.15) is 0 Å². The van der Waals surface area contributed by atoms with Crippen LogP contribution in [-0.2, 0) is 12.0 Å². The van der Waals surface area contributed by atoms with Crippen LogP contribution in [0.2, 0.25) is 0 Å². The van der Waals surface area contributed by atoms with Crippen molar-refractivity contribution in [2.45, 2.75) is 18.4 Å². The van der Waals surface area contributed by atoms with Crippen molar-refractivity contribution in [1.29, 1.82) is 0 Å². The van der Waals surface area contributed by atoms with E-state index in [0.717, 1.165) is 6.07 Å². The Morgan fingerprint density at radius 2 is 1.75 bits per heavy atom. The summed E-state index contributed by atoms with van der Waals surface area (Å²) < 4.78 is 26.7. The quantitative estimate of drug-likeness (QED) is 0.826. The van der Waals surface area contributed by atoms with Crippen LogP contribution in [0.4, 0.5) is 8.78 Å². The predicted molar refractivity (Wildman–Crippen MR) is 75.7 cm³/mol. The van der Waals surface area contributed by atoms with Crippen LogP contribution in [0.5, 0.6) is 0 Å². The van der Waals surface area contributed by atoms with Crippen molar-refractivity contribution in [3.63, 3.8) is 0 Å². The standard InChI is InChI=1S/C16H15ClF2O/c17-9-8-16(20,13-4-2-1-3-5-13)11-12-6-7-14(18)10-15(12)19/h1-7,10,20H,8-9,11H2. The number of alkyl halides is 1. The summed E-state index contributed by atoms with van der Waals surface area (Å²) in [5, 5.41) is 10.8. The third-order valence-corrected chi connectivity index (χ3v) is 3.51. The summed E-state index contributed by atoms with van der Waals surface area (Å²) in [5.74, 6) is -1.05. The van der Waals surface area contributed by atoms with Crippen molar-refractivity contribution in [1.82, 2.24) is 0 Å². The van der Waals surface area contributed by atoms with E-state index in [-0.39, 0.29) is 24.3 Å². The van der Waals surface area contributed by atoms with Gasteiger partial charge in [-0.3, -0.25) is 0 Å². The van der Waals surface area contributed by atoms with Crippen LogP contribution < -0.4 is 0 Å². The molecule has 1 nitrogen and oxygen atoms in total. The Balaban J connectivity index is 2.34. The SMILES string of the molecule is OC(CCCl)(Cc1ccc(F)cc1F)c1ccccc1. The molecule has 4 heteroatoms. The monoisotopic (exact) mass is 296 g/mol. The third kappa shape index (κ3) is 3.35. The Bertz CT molecular complexity index is 574. The van der Waals surface area contributed by atoms with Gasteiger partial charge in [0.05, 0.1) is 5.60 Å². The summed E-state index contributed by atoms with van der Waals surface area (Å²) in [6.45, 7) is 0. The molecule has 1 N–H and O–H groups in total. The molecule has 0 fully saturated rings. The van der Waals surface area contributed by atoms with Crippen LogP contribution in [0.15, 0.2) is 48.5 Å². The molecule has 0 spiro atoms. The lowest BCUT2D eigenvalue weighted by Gasteiger charge is -2.28. The fraction of sp³-hybridized carbons (Fsp3) is 0.250. The minimum Gasteiger partial charge on any atom is -0.385 e. The second kappa shape index (κ2) is 6.33. The molecule has 1 unspecified atom stereocenters. The smallest absolute Gasteiger partial charge is 0.129 e. The van der Waals surface area contributed by atoms with E-state index < -0.39 is 17.2 Å². The molecule has 0 saturated heterocycles. The van der Waals surface area contributed by atoms with Gasteiger partial charge >= 0.3 is 0 Å². The molecule has 2 aromatic rings. The van der Waals surface area contributed by atoms with Crippen molar-refractivity contribution in [3.05, 3.63) is 71.3 Å². The lowest BCUT2D eigenvalue weighted by molar-refractivity contribution is 0.0328. The van der Waals surface area contributed by atoms with Crippen LogP contribution >= 0.6 is 11.6 Å². The van der Waals surface area contributed by atoms with Gasteiger partial charge in [-0.15, -0.1) is 11.6 Å². The maximum atomic E-state index is 13.8. The maximum Gasteiger partial charge on any atom is 0.129 e. The topological polar surface area (TPSA) is 20.2 Å². The zero-order valence-electron chi connectivity index (χ0n) is 10.8. The van der Waals surface area contributed by atoms with Gasteiger partial charge in [-0.1, -0.05) is 36.4 Å². The number of benzene rings is 2. The van der Waals surface area contributed by atoms with E-state index in [1.807, 2.05) is 6.07 Å². The van der Waals surface area contributed by atoms with E-state index >= 15 is 0 Å². The largest absolute Gasteiger partial charge is 0.385 e. The zero-order chi connectivity index (χ0) is 14.6. The first-order valence-electron chi connectivity index (χ1n) is 6.33. The van der Waals surface area contributed by atoms with Crippen LogP contribution in [-0.4, -0.2) is 11.0 Å². The van der Waals surface area contributed by atoms with Gasteiger partial charge in [0.2, 0.25) is 0 Å². The molecule has 0 aliphatic heterocycles. The summed E-state index contributed by atoms with van der Waals surface area (Å²) in [4.78, 5) is 0. The minimum absolute atomic E-state index is 0.0514. The molecule has 2 aromatic carbocycles. The van der Waals surface area contributed by atoms with Gasteiger partial charge in [0.25, 0.3) is 0 Å². The van der Waals surface area contributed by atoms with Gasteiger partial charge in [-0.25, -0.2) is 8.78 Å². The average Bonchev–Trinajstić information content (AvgIpc) is 2.43. The summed E-state index contributed by atoms with van der Waals surface area (Å²) in [6.07, 6.45) is 0.339. The molecule has 0 radical (unpaired) electrons. The van der Waals surface area contributed by atoms with Gasteiger partial charge in [-0.05, 0) is 23.6 Å². The van der Waals surface area contributed by atoms with Gasteiger partial charge in [0.1, 0.15) is 11.6 Å². The Hall–Kier alpha value is -1.45. The summed E-state index contributed by atoms with van der Waals surface area (Å²) in [6, 6.07) is 12.3. The highest BCUT2D eigenvalue weighted by atomic mass is 35.5. The van der Waals surface area contributed by atoms with Gasteiger partial charge in [0.15, 0.2) is 0 Å². The van der Waals surface area contributed by atoms with Crippen molar-refractivity contribution >= 4 is 11.6 Å². The lowest BCUT2D eigenvalue weighted by Crippen LogP contribution is -2.29. The highest BCUT2D eigenvalue weighted by molar-refractivity contribution is 6.17. The third-order valence-electron chi connectivity index (χ3n) is 3.32. The molecular formula is C16H15ClF2O. The molecule has 0 aliphatic carbocycles. The van der Waals surface area contributed by atoms with E-state index in [2.05, 4.69) is 0 Å². The number of hydrogen-bond donors (Lipinski definition) is 1. The number of rotatable bonds is 5. The Morgan fingerprint density at radius 1 is 1.05 bits per heavy atom. The molecule has 0 aromatic heterocycles. The summed E-state index contributed by atoms with van der Waals surface area (Å²) >= 11 is 5.75. The fourth-order valence-corrected chi connectivity index (χ4v) is 2.53. The van der Waals surface area contributed by atoms with Crippen LogP contribution in [0, 0.1) is 11.6 Å². The summed E-state index contributed by atoms with van der Waals surface area (Å²) in [5.41, 5.74) is -0.325. The van der Waals surface area contributed by atoms with E-state index in [1.165, 1.54) is 12.1 Å². The number of aliphatic hydroxyl groups is 1.